The van der Waals surface area contributed by atoms with E-state index in [1.54, 1.807) is 23.1 Å². The summed E-state index contributed by atoms with van der Waals surface area (Å²) < 4.78 is 5.43. The summed E-state index contributed by atoms with van der Waals surface area (Å²) in [6, 6.07) is 4.80. The number of aromatic amines is 2. The van der Waals surface area contributed by atoms with Crippen LogP contribution in [0.4, 0.5) is 0 Å². The summed E-state index contributed by atoms with van der Waals surface area (Å²) in [5, 5.41) is 6.20. The molecule has 2 heterocycles. The number of halogens is 2. The molecule has 0 atom stereocenters. The fraction of sp³-hybridized carbons (Fsp3) is 0.286. The number of hydrogen-bond donors (Lipinski definition) is 2. The van der Waals surface area contributed by atoms with E-state index >= 15 is 0 Å². The molecule has 6 nitrogen and oxygen atoms in total. The van der Waals surface area contributed by atoms with Gasteiger partial charge < -0.3 is 14.7 Å². The second-order valence-corrected chi connectivity index (χ2v) is 5.81. The highest BCUT2D eigenvalue weighted by Crippen LogP contribution is 2.27. The van der Waals surface area contributed by atoms with Crippen LogP contribution in [-0.4, -0.2) is 34.2 Å². The average Bonchev–Trinajstić information content (AvgIpc) is 2.87. The van der Waals surface area contributed by atoms with Gasteiger partial charge in [0.2, 0.25) is 0 Å². The molecule has 116 valence electrons. The van der Waals surface area contributed by atoms with Crippen LogP contribution in [0.25, 0.3) is 0 Å². The highest BCUT2D eigenvalue weighted by molar-refractivity contribution is 6.35. The molecule has 0 spiro atoms. The SMILES string of the molecule is O=C(COc1ccc(Cl)cc1Cl)N1CCc2[nH][nH]c(=O)c2C1. The predicted octanol–water partition coefficient (Wildman–Crippen LogP) is 1.97. The summed E-state index contributed by atoms with van der Waals surface area (Å²) in [4.78, 5) is 25.4. The smallest absolute Gasteiger partial charge is 0.269 e. The summed E-state index contributed by atoms with van der Waals surface area (Å²) in [5.41, 5.74) is 1.27. The molecule has 3 rings (SSSR count). The van der Waals surface area contributed by atoms with Crippen LogP contribution in [0, 0.1) is 0 Å². The minimum absolute atomic E-state index is 0.140. The molecule has 1 amide bonds. The predicted molar refractivity (Wildman–Crippen MR) is 82.5 cm³/mol. The van der Waals surface area contributed by atoms with E-state index in [0.717, 1.165) is 5.69 Å². The number of benzene rings is 1. The lowest BCUT2D eigenvalue weighted by atomic mass is 10.1. The molecular weight excluding hydrogens is 329 g/mol. The van der Waals surface area contributed by atoms with Crippen molar-refractivity contribution in [2.45, 2.75) is 13.0 Å². The fourth-order valence-electron chi connectivity index (χ4n) is 2.35. The number of nitrogens with zero attached hydrogens (tertiary/aromatic N) is 1. The van der Waals surface area contributed by atoms with Crippen molar-refractivity contribution in [2.75, 3.05) is 13.2 Å². The second kappa shape index (κ2) is 6.06. The maximum absolute atomic E-state index is 12.2. The molecule has 0 radical (unpaired) electrons. The second-order valence-electron chi connectivity index (χ2n) is 4.96. The van der Waals surface area contributed by atoms with E-state index in [4.69, 9.17) is 27.9 Å². The third kappa shape index (κ3) is 2.98. The van der Waals surface area contributed by atoms with Gasteiger partial charge >= 0.3 is 0 Å². The van der Waals surface area contributed by atoms with Crippen LogP contribution >= 0.6 is 23.2 Å². The maximum Gasteiger partial charge on any atom is 0.269 e. The van der Waals surface area contributed by atoms with Crippen molar-refractivity contribution >= 4 is 29.1 Å². The summed E-state index contributed by atoms with van der Waals surface area (Å²) >= 11 is 11.8. The van der Waals surface area contributed by atoms with Crippen molar-refractivity contribution in [3.63, 3.8) is 0 Å². The van der Waals surface area contributed by atoms with Gasteiger partial charge in [0, 0.05) is 23.7 Å². The van der Waals surface area contributed by atoms with Crippen LogP contribution in [0.1, 0.15) is 11.3 Å². The highest BCUT2D eigenvalue weighted by Gasteiger charge is 2.24. The van der Waals surface area contributed by atoms with Gasteiger partial charge in [-0.25, -0.2) is 0 Å². The number of H-pyrrole nitrogens is 2. The lowest BCUT2D eigenvalue weighted by Gasteiger charge is -2.26. The number of carbonyl (C=O) groups excluding carboxylic acids is 1. The topological polar surface area (TPSA) is 78.2 Å². The minimum atomic E-state index is -0.197. The van der Waals surface area contributed by atoms with Crippen molar-refractivity contribution in [1.29, 1.82) is 0 Å². The van der Waals surface area contributed by atoms with E-state index in [2.05, 4.69) is 10.2 Å². The molecule has 0 aliphatic carbocycles. The zero-order chi connectivity index (χ0) is 15.7. The Hall–Kier alpha value is -1.92. The molecule has 0 saturated heterocycles. The first kappa shape index (κ1) is 15.0. The molecular formula is C14H13Cl2N3O3. The number of fused-ring (bicyclic) bond motifs is 1. The highest BCUT2D eigenvalue weighted by atomic mass is 35.5. The van der Waals surface area contributed by atoms with E-state index < -0.39 is 0 Å². The molecule has 1 aromatic heterocycles. The van der Waals surface area contributed by atoms with Crippen molar-refractivity contribution in [3.8, 4) is 5.75 Å². The Morgan fingerprint density at radius 1 is 1.32 bits per heavy atom. The van der Waals surface area contributed by atoms with Gasteiger partial charge in [-0.15, -0.1) is 0 Å². The number of amides is 1. The molecule has 22 heavy (non-hydrogen) atoms. The van der Waals surface area contributed by atoms with Crippen molar-refractivity contribution < 1.29 is 9.53 Å². The maximum atomic E-state index is 12.2. The molecule has 1 aliphatic rings. The molecule has 1 aliphatic heterocycles. The lowest BCUT2D eigenvalue weighted by molar-refractivity contribution is -0.134. The quantitative estimate of drug-likeness (QED) is 0.895. The molecule has 0 bridgehead atoms. The third-order valence-corrected chi connectivity index (χ3v) is 4.07. The Balaban J connectivity index is 1.63. The van der Waals surface area contributed by atoms with Gasteiger partial charge in [0.1, 0.15) is 5.75 Å². The van der Waals surface area contributed by atoms with Gasteiger partial charge in [-0.05, 0) is 18.2 Å². The van der Waals surface area contributed by atoms with Crippen molar-refractivity contribution in [3.05, 3.63) is 49.9 Å². The summed E-state index contributed by atoms with van der Waals surface area (Å²) in [7, 11) is 0. The monoisotopic (exact) mass is 341 g/mol. The molecule has 0 saturated carbocycles. The third-order valence-electron chi connectivity index (χ3n) is 3.54. The van der Waals surface area contributed by atoms with Gasteiger partial charge in [-0.3, -0.25) is 14.7 Å². The van der Waals surface area contributed by atoms with Crippen LogP contribution < -0.4 is 10.3 Å². The molecule has 2 N–H and O–H groups in total. The summed E-state index contributed by atoms with van der Waals surface area (Å²) in [5.74, 6) is 0.203. The molecule has 2 aromatic rings. The number of nitrogens with one attached hydrogen (secondary N) is 2. The Bertz CT molecular complexity index is 769. The number of ether oxygens (including phenoxy) is 1. The number of rotatable bonds is 3. The van der Waals surface area contributed by atoms with E-state index in [9.17, 15) is 9.59 Å². The molecule has 1 aromatic carbocycles. The van der Waals surface area contributed by atoms with Gasteiger partial charge in [0.25, 0.3) is 11.5 Å². The number of hydrogen-bond acceptors (Lipinski definition) is 3. The minimum Gasteiger partial charge on any atom is -0.482 e. The first-order valence-corrected chi connectivity index (χ1v) is 7.44. The first-order valence-electron chi connectivity index (χ1n) is 6.68. The van der Waals surface area contributed by atoms with Crippen LogP contribution in [-0.2, 0) is 17.8 Å². The Labute approximate surface area is 136 Å². The Kier molecular flexibility index (Phi) is 4.13. The number of aromatic nitrogens is 2. The molecule has 0 fully saturated rings. The van der Waals surface area contributed by atoms with Crippen LogP contribution in [0.3, 0.4) is 0 Å². The molecule has 0 unspecified atom stereocenters. The first-order chi connectivity index (χ1) is 10.5. The Morgan fingerprint density at radius 3 is 2.91 bits per heavy atom. The van der Waals surface area contributed by atoms with Gasteiger partial charge in [0.15, 0.2) is 6.61 Å². The summed E-state index contributed by atoms with van der Waals surface area (Å²) in [6.07, 6.45) is 0.613. The molecule has 8 heteroatoms. The normalized spacial score (nSPS) is 13.8. The fourth-order valence-corrected chi connectivity index (χ4v) is 2.82. The standard InChI is InChI=1S/C14H13Cl2N3O3/c15-8-1-2-12(10(16)5-8)22-7-13(20)19-4-3-11-9(6-19)14(21)18-17-11/h1-2,5H,3-4,6-7H2,(H2,17,18,21). The largest absolute Gasteiger partial charge is 0.482 e. The zero-order valence-corrected chi connectivity index (χ0v) is 13.0. The lowest BCUT2D eigenvalue weighted by Crippen LogP contribution is -2.40. The van der Waals surface area contributed by atoms with E-state index in [0.29, 0.717) is 34.3 Å². The summed E-state index contributed by atoms with van der Waals surface area (Å²) in [6.45, 7) is 0.682. The van der Waals surface area contributed by atoms with Crippen molar-refractivity contribution in [1.82, 2.24) is 15.1 Å². The van der Waals surface area contributed by atoms with Gasteiger partial charge in [-0.2, -0.15) is 0 Å². The van der Waals surface area contributed by atoms with Crippen LogP contribution in [0.2, 0.25) is 10.0 Å². The Morgan fingerprint density at radius 2 is 2.14 bits per heavy atom. The average molecular weight is 342 g/mol. The van der Waals surface area contributed by atoms with E-state index in [1.165, 1.54) is 0 Å². The van der Waals surface area contributed by atoms with Crippen LogP contribution in [0.5, 0.6) is 5.75 Å². The zero-order valence-electron chi connectivity index (χ0n) is 11.5. The van der Waals surface area contributed by atoms with E-state index in [-0.39, 0.29) is 24.6 Å². The van der Waals surface area contributed by atoms with Gasteiger partial charge in [0.05, 0.1) is 17.1 Å². The van der Waals surface area contributed by atoms with E-state index in [1.807, 2.05) is 0 Å². The van der Waals surface area contributed by atoms with Crippen molar-refractivity contribution in [2.24, 2.45) is 0 Å². The van der Waals surface area contributed by atoms with Crippen LogP contribution in [0.15, 0.2) is 23.0 Å². The van der Waals surface area contributed by atoms with Gasteiger partial charge in [-0.1, -0.05) is 23.2 Å². The number of carbonyl (C=O) groups is 1.